The fraction of sp³-hybridized carbons (Fsp3) is 0.136. The van der Waals surface area contributed by atoms with Gasteiger partial charge >= 0.3 is 0 Å². The Morgan fingerprint density at radius 2 is 1.50 bits per heavy atom. The molecule has 0 heterocycles. The molecule has 0 radical (unpaired) electrons. The van der Waals surface area contributed by atoms with Gasteiger partial charge < -0.3 is 14.8 Å². The number of likely N-dealkylation sites (N-methyl/N-ethyl adjacent to an activating group) is 1. The van der Waals surface area contributed by atoms with Crippen molar-refractivity contribution in [3.63, 3.8) is 0 Å². The van der Waals surface area contributed by atoms with E-state index in [0.29, 0.717) is 22.9 Å². The normalized spacial score (nSPS) is 11.9. The molecule has 0 fully saturated rings. The summed E-state index contributed by atoms with van der Waals surface area (Å²) in [7, 11) is -2.34. The highest BCUT2D eigenvalue weighted by atomic mass is 32.2. The average Bonchev–Trinajstić information content (AvgIpc) is 2.75. The van der Waals surface area contributed by atoms with Gasteiger partial charge in [0.2, 0.25) is 0 Å². The highest BCUT2D eigenvalue weighted by molar-refractivity contribution is 7.92. The monoisotopic (exact) mass is 426 g/mol. The maximum absolute atomic E-state index is 12.8. The number of amides is 1. The summed E-state index contributed by atoms with van der Waals surface area (Å²) >= 11 is 0. The maximum atomic E-state index is 12.8. The average molecular weight is 426 g/mol. The van der Waals surface area contributed by atoms with Gasteiger partial charge in [0.25, 0.3) is 15.9 Å². The molecule has 0 aromatic heterocycles. The van der Waals surface area contributed by atoms with Crippen molar-refractivity contribution in [3.05, 3.63) is 78.9 Å². The number of benzene rings is 3. The lowest BCUT2D eigenvalue weighted by molar-refractivity contribution is -0.126. The summed E-state index contributed by atoms with van der Waals surface area (Å²) in [5.74, 6) is 1.09. The number of hydrogen-bond donors (Lipinski definition) is 2. The highest BCUT2D eigenvalue weighted by Crippen LogP contribution is 2.31. The number of sulfonamides is 1. The van der Waals surface area contributed by atoms with Crippen molar-refractivity contribution >= 4 is 21.6 Å². The first-order valence-corrected chi connectivity index (χ1v) is 10.7. The first-order chi connectivity index (χ1) is 14.4. The molecule has 1 amide bonds. The van der Waals surface area contributed by atoms with Crippen LogP contribution in [0.4, 0.5) is 5.69 Å². The van der Waals surface area contributed by atoms with Gasteiger partial charge in [-0.05, 0) is 55.5 Å². The Morgan fingerprint density at radius 3 is 2.17 bits per heavy atom. The van der Waals surface area contributed by atoms with Crippen LogP contribution >= 0.6 is 0 Å². The van der Waals surface area contributed by atoms with Crippen LogP contribution in [-0.2, 0) is 14.8 Å². The van der Waals surface area contributed by atoms with Gasteiger partial charge in [0.15, 0.2) is 11.9 Å². The lowest BCUT2D eigenvalue weighted by Gasteiger charge is -2.15. The molecular formula is C22H22N2O5S. The van der Waals surface area contributed by atoms with Crippen molar-refractivity contribution in [3.8, 4) is 17.2 Å². The van der Waals surface area contributed by atoms with Crippen molar-refractivity contribution in [1.29, 1.82) is 0 Å². The summed E-state index contributed by atoms with van der Waals surface area (Å²) in [4.78, 5) is 11.6. The Balaban J connectivity index is 1.76. The van der Waals surface area contributed by atoms with E-state index in [2.05, 4.69) is 10.0 Å². The molecule has 0 saturated carbocycles. The largest absolute Gasteiger partial charge is 0.481 e. The minimum Gasteiger partial charge on any atom is -0.481 e. The maximum Gasteiger partial charge on any atom is 0.262 e. The van der Waals surface area contributed by atoms with Crippen LogP contribution in [0.2, 0.25) is 0 Å². The third kappa shape index (κ3) is 5.30. The van der Waals surface area contributed by atoms with Crippen LogP contribution in [0.1, 0.15) is 6.92 Å². The van der Waals surface area contributed by atoms with Crippen LogP contribution in [0.3, 0.4) is 0 Å². The molecule has 2 N–H and O–H groups in total. The highest BCUT2D eigenvalue weighted by Gasteiger charge is 2.18. The summed E-state index contributed by atoms with van der Waals surface area (Å²) in [5, 5.41) is 2.49. The van der Waals surface area contributed by atoms with Crippen molar-refractivity contribution in [1.82, 2.24) is 5.32 Å². The van der Waals surface area contributed by atoms with Crippen molar-refractivity contribution in [2.75, 3.05) is 11.8 Å². The second-order valence-electron chi connectivity index (χ2n) is 6.36. The summed E-state index contributed by atoms with van der Waals surface area (Å²) in [6.45, 7) is 1.61. The Morgan fingerprint density at radius 1 is 0.867 bits per heavy atom. The van der Waals surface area contributed by atoms with Gasteiger partial charge in [-0.3, -0.25) is 9.52 Å². The van der Waals surface area contributed by atoms with Crippen LogP contribution in [0, 0.1) is 0 Å². The van der Waals surface area contributed by atoms with E-state index in [1.165, 1.54) is 31.3 Å². The summed E-state index contributed by atoms with van der Waals surface area (Å²) in [6.07, 6.45) is -0.697. The van der Waals surface area contributed by atoms with Crippen LogP contribution in [0.5, 0.6) is 17.2 Å². The molecule has 0 aliphatic heterocycles. The Hall–Kier alpha value is -3.52. The Labute approximate surface area is 175 Å². The van der Waals surface area contributed by atoms with E-state index in [-0.39, 0.29) is 10.8 Å². The zero-order chi connectivity index (χ0) is 21.6. The fourth-order valence-electron chi connectivity index (χ4n) is 2.62. The molecule has 3 rings (SSSR count). The number of carbonyl (C=O) groups excluding carboxylic acids is 1. The van der Waals surface area contributed by atoms with Gasteiger partial charge in [0.05, 0.1) is 10.6 Å². The minimum atomic E-state index is -3.86. The number of carbonyl (C=O) groups is 1. The predicted octanol–water partition coefficient (Wildman–Crippen LogP) is 3.79. The summed E-state index contributed by atoms with van der Waals surface area (Å²) < 4.78 is 39.5. The van der Waals surface area contributed by atoms with E-state index < -0.39 is 16.1 Å². The standard InChI is InChI=1S/C22H22N2O5S/c1-16(22(25)23-2)28-18-12-14-19(15-13-18)30(26,27)24-20-10-6-7-11-21(20)29-17-8-4-3-5-9-17/h3-16,24H,1-2H3,(H,23,25)/t16-/m1/s1. The second-order valence-corrected chi connectivity index (χ2v) is 8.04. The van der Waals surface area contributed by atoms with Gasteiger partial charge in [0.1, 0.15) is 11.5 Å². The number of rotatable bonds is 8. The molecule has 0 unspecified atom stereocenters. The number of nitrogens with one attached hydrogen (secondary N) is 2. The van der Waals surface area contributed by atoms with E-state index in [1.807, 2.05) is 18.2 Å². The molecular weight excluding hydrogens is 404 g/mol. The zero-order valence-electron chi connectivity index (χ0n) is 16.5. The zero-order valence-corrected chi connectivity index (χ0v) is 17.3. The van der Waals surface area contributed by atoms with Crippen molar-refractivity contribution in [2.24, 2.45) is 0 Å². The van der Waals surface area contributed by atoms with E-state index in [9.17, 15) is 13.2 Å². The smallest absolute Gasteiger partial charge is 0.262 e. The van der Waals surface area contributed by atoms with E-state index in [4.69, 9.17) is 9.47 Å². The third-order valence-electron chi connectivity index (χ3n) is 4.16. The van der Waals surface area contributed by atoms with E-state index in [0.717, 1.165) is 0 Å². The molecule has 7 nitrogen and oxygen atoms in total. The van der Waals surface area contributed by atoms with Gasteiger partial charge in [-0.1, -0.05) is 30.3 Å². The van der Waals surface area contributed by atoms with Crippen LogP contribution in [0.25, 0.3) is 0 Å². The van der Waals surface area contributed by atoms with Gasteiger partial charge in [0, 0.05) is 7.05 Å². The number of hydrogen-bond acceptors (Lipinski definition) is 5. The fourth-order valence-corrected chi connectivity index (χ4v) is 3.69. The van der Waals surface area contributed by atoms with Gasteiger partial charge in [-0.2, -0.15) is 0 Å². The third-order valence-corrected chi connectivity index (χ3v) is 5.55. The topological polar surface area (TPSA) is 93.7 Å². The molecule has 0 spiro atoms. The first kappa shape index (κ1) is 21.2. The first-order valence-electron chi connectivity index (χ1n) is 9.22. The molecule has 3 aromatic rings. The van der Waals surface area contributed by atoms with E-state index in [1.54, 1.807) is 43.3 Å². The van der Waals surface area contributed by atoms with E-state index >= 15 is 0 Å². The number of ether oxygens (including phenoxy) is 2. The molecule has 0 aliphatic carbocycles. The number of para-hydroxylation sites is 3. The van der Waals surface area contributed by atoms with Crippen molar-refractivity contribution in [2.45, 2.75) is 17.9 Å². The summed E-state index contributed by atoms with van der Waals surface area (Å²) in [5.41, 5.74) is 0.315. The molecule has 3 aromatic carbocycles. The Kier molecular flexibility index (Phi) is 6.58. The summed E-state index contributed by atoms with van der Waals surface area (Å²) in [6, 6.07) is 21.7. The second kappa shape index (κ2) is 9.32. The Bertz CT molecular complexity index is 1100. The predicted molar refractivity (Wildman–Crippen MR) is 114 cm³/mol. The van der Waals surface area contributed by atoms with Crippen LogP contribution in [-0.4, -0.2) is 27.5 Å². The molecule has 0 bridgehead atoms. The SMILES string of the molecule is CNC(=O)[C@@H](C)Oc1ccc(S(=O)(=O)Nc2ccccc2Oc2ccccc2)cc1. The molecule has 156 valence electrons. The van der Waals surface area contributed by atoms with Gasteiger partial charge in [-0.15, -0.1) is 0 Å². The van der Waals surface area contributed by atoms with Crippen molar-refractivity contribution < 1.29 is 22.7 Å². The molecule has 30 heavy (non-hydrogen) atoms. The molecule has 0 saturated heterocycles. The van der Waals surface area contributed by atoms with Crippen LogP contribution < -0.4 is 19.5 Å². The molecule has 8 heteroatoms. The quantitative estimate of drug-likeness (QED) is 0.572. The number of anilines is 1. The minimum absolute atomic E-state index is 0.0527. The van der Waals surface area contributed by atoms with Gasteiger partial charge in [-0.25, -0.2) is 8.42 Å². The lowest BCUT2D eigenvalue weighted by atomic mass is 10.3. The lowest BCUT2D eigenvalue weighted by Crippen LogP contribution is -2.33. The van der Waals surface area contributed by atoms with Crippen LogP contribution in [0.15, 0.2) is 83.8 Å². The molecule has 0 aliphatic rings. The molecule has 1 atom stereocenters.